The largest absolute Gasteiger partial charge is 0.326 e. The quantitative estimate of drug-likeness (QED) is 0.487. The molecule has 1 saturated heterocycles. The first kappa shape index (κ1) is 25.2. The number of rotatable bonds is 7. The van der Waals surface area contributed by atoms with Crippen LogP contribution < -0.4 is 10.2 Å². The summed E-state index contributed by atoms with van der Waals surface area (Å²) in [5.41, 5.74) is 1.22. The molecule has 8 nitrogen and oxygen atoms in total. The highest BCUT2D eigenvalue weighted by atomic mass is 32.2. The highest BCUT2D eigenvalue weighted by Gasteiger charge is 2.48. The minimum absolute atomic E-state index is 0.0973. The number of benzene rings is 3. The number of nitrogens with zero attached hydrogens (tertiary/aromatic N) is 2. The second kappa shape index (κ2) is 10.00. The van der Waals surface area contributed by atoms with Crippen molar-refractivity contribution in [3.05, 3.63) is 90.2 Å². The molecular weight excluding hydrogens is 485 g/mol. The van der Waals surface area contributed by atoms with E-state index in [1.807, 2.05) is 0 Å². The molecule has 1 N–H and O–H groups in total. The van der Waals surface area contributed by atoms with Gasteiger partial charge in [0.05, 0.1) is 17.0 Å². The zero-order chi connectivity index (χ0) is 26.0. The Bertz CT molecular complexity index is 1390. The topological polar surface area (TPSA) is 104 Å². The molecule has 2 unspecified atom stereocenters. The normalized spacial score (nSPS) is 16.9. The average Bonchev–Trinajstić information content (AvgIpc) is 3.13. The zero-order valence-electron chi connectivity index (χ0n) is 19.6. The first-order valence-electron chi connectivity index (χ1n) is 11.2. The van der Waals surface area contributed by atoms with Gasteiger partial charge < -0.3 is 5.32 Å². The van der Waals surface area contributed by atoms with E-state index in [2.05, 4.69) is 5.32 Å². The summed E-state index contributed by atoms with van der Waals surface area (Å²) in [5.74, 6) is -2.13. The average molecular weight is 510 g/mol. The van der Waals surface area contributed by atoms with Crippen molar-refractivity contribution in [3.63, 3.8) is 0 Å². The molecule has 0 spiro atoms. The number of anilines is 2. The van der Waals surface area contributed by atoms with E-state index >= 15 is 0 Å². The SMILES string of the molecule is CC(=O)Nc1ccc(S(=O)(=O)N(C2CC(=O)N(c3ccc(F)cc3)C2=O)C(C)c2ccccc2)cc1. The highest BCUT2D eigenvalue weighted by Crippen LogP contribution is 2.36. The molecule has 36 heavy (non-hydrogen) atoms. The number of hydrogen-bond acceptors (Lipinski definition) is 5. The lowest BCUT2D eigenvalue weighted by Crippen LogP contribution is -2.46. The predicted molar refractivity (Wildman–Crippen MR) is 132 cm³/mol. The van der Waals surface area contributed by atoms with Crippen molar-refractivity contribution in [2.75, 3.05) is 10.2 Å². The van der Waals surface area contributed by atoms with Gasteiger partial charge in [0.15, 0.2) is 0 Å². The van der Waals surface area contributed by atoms with Gasteiger partial charge in [-0.2, -0.15) is 4.31 Å². The number of sulfonamides is 1. The molecular formula is C26H24FN3O5S. The van der Waals surface area contributed by atoms with Gasteiger partial charge in [0.25, 0.3) is 5.91 Å². The van der Waals surface area contributed by atoms with Gasteiger partial charge in [0, 0.05) is 18.7 Å². The summed E-state index contributed by atoms with van der Waals surface area (Å²) in [7, 11) is -4.28. The molecule has 3 aromatic rings. The lowest BCUT2D eigenvalue weighted by atomic mass is 10.1. The highest BCUT2D eigenvalue weighted by molar-refractivity contribution is 7.89. The van der Waals surface area contributed by atoms with E-state index < -0.39 is 39.7 Å². The van der Waals surface area contributed by atoms with E-state index in [1.54, 1.807) is 37.3 Å². The maximum atomic E-state index is 13.9. The van der Waals surface area contributed by atoms with E-state index in [0.29, 0.717) is 11.3 Å². The number of nitrogens with one attached hydrogen (secondary N) is 1. The van der Waals surface area contributed by atoms with E-state index in [0.717, 1.165) is 21.3 Å². The van der Waals surface area contributed by atoms with Crippen LogP contribution in [0.3, 0.4) is 0 Å². The summed E-state index contributed by atoms with van der Waals surface area (Å²) in [6.07, 6.45) is -0.364. The van der Waals surface area contributed by atoms with Crippen LogP contribution in [0, 0.1) is 5.82 Å². The van der Waals surface area contributed by atoms with Gasteiger partial charge in [0.1, 0.15) is 11.9 Å². The lowest BCUT2D eigenvalue weighted by Gasteiger charge is -2.32. The van der Waals surface area contributed by atoms with Crippen LogP contribution in [0.25, 0.3) is 0 Å². The van der Waals surface area contributed by atoms with Crippen LogP contribution in [0.1, 0.15) is 31.9 Å². The van der Waals surface area contributed by atoms with E-state index in [9.17, 15) is 27.2 Å². The van der Waals surface area contributed by atoms with Gasteiger partial charge in [-0.3, -0.25) is 14.4 Å². The summed E-state index contributed by atoms with van der Waals surface area (Å²) in [6.45, 7) is 2.99. The molecule has 0 bridgehead atoms. The fraction of sp³-hybridized carbons (Fsp3) is 0.192. The minimum atomic E-state index is -4.28. The third kappa shape index (κ3) is 4.91. The molecule has 186 valence electrons. The Morgan fingerprint density at radius 2 is 1.61 bits per heavy atom. The van der Waals surface area contributed by atoms with Crippen molar-refractivity contribution in [2.45, 2.75) is 37.2 Å². The Labute approximate surface area is 208 Å². The van der Waals surface area contributed by atoms with Crippen molar-refractivity contribution in [1.29, 1.82) is 0 Å². The van der Waals surface area contributed by atoms with E-state index in [-0.39, 0.29) is 22.9 Å². The van der Waals surface area contributed by atoms with Gasteiger partial charge >= 0.3 is 0 Å². The number of imide groups is 1. The molecule has 4 rings (SSSR count). The van der Waals surface area contributed by atoms with Crippen LogP contribution in [0.2, 0.25) is 0 Å². The fourth-order valence-corrected chi connectivity index (χ4v) is 6.00. The predicted octanol–water partition coefficient (Wildman–Crippen LogP) is 3.87. The van der Waals surface area contributed by atoms with Gasteiger partial charge in [-0.25, -0.2) is 17.7 Å². The number of carbonyl (C=O) groups is 3. The molecule has 1 aliphatic rings. The third-order valence-corrected chi connectivity index (χ3v) is 7.92. The molecule has 10 heteroatoms. The van der Waals surface area contributed by atoms with Gasteiger partial charge in [-0.1, -0.05) is 30.3 Å². The minimum Gasteiger partial charge on any atom is -0.326 e. The molecule has 1 aliphatic heterocycles. The maximum absolute atomic E-state index is 13.9. The molecule has 0 aliphatic carbocycles. The molecule has 3 amide bonds. The van der Waals surface area contributed by atoms with Crippen molar-refractivity contribution in [3.8, 4) is 0 Å². The Morgan fingerprint density at radius 1 is 1.00 bits per heavy atom. The molecule has 0 aromatic heterocycles. The third-order valence-electron chi connectivity index (χ3n) is 5.93. The van der Waals surface area contributed by atoms with Crippen molar-refractivity contribution in [1.82, 2.24) is 4.31 Å². The Hall–Kier alpha value is -3.89. The van der Waals surface area contributed by atoms with Crippen LogP contribution in [0.5, 0.6) is 0 Å². The maximum Gasteiger partial charge on any atom is 0.252 e. The lowest BCUT2D eigenvalue weighted by molar-refractivity contribution is -0.122. The number of amides is 3. The van der Waals surface area contributed by atoms with Gasteiger partial charge in [-0.15, -0.1) is 0 Å². The Morgan fingerprint density at radius 3 is 2.19 bits per heavy atom. The van der Waals surface area contributed by atoms with Gasteiger partial charge in [-0.05, 0) is 61.0 Å². The smallest absolute Gasteiger partial charge is 0.252 e. The van der Waals surface area contributed by atoms with E-state index in [4.69, 9.17) is 0 Å². The van der Waals surface area contributed by atoms with Crippen LogP contribution in [0.15, 0.2) is 83.8 Å². The van der Waals surface area contributed by atoms with Crippen molar-refractivity contribution >= 4 is 39.1 Å². The standard InChI is InChI=1S/C26H24FN3O5S/c1-17(19-6-4-3-5-7-19)30(36(34,35)23-14-10-21(11-15-23)28-18(2)31)24-16-25(32)29(26(24)33)22-12-8-20(27)9-13-22/h3-15,17,24H,16H2,1-2H3,(H,28,31). The van der Waals surface area contributed by atoms with Crippen LogP contribution in [-0.4, -0.2) is 36.5 Å². The molecule has 1 fully saturated rings. The van der Waals surface area contributed by atoms with Crippen molar-refractivity contribution in [2.24, 2.45) is 0 Å². The zero-order valence-corrected chi connectivity index (χ0v) is 20.4. The summed E-state index contributed by atoms with van der Waals surface area (Å²) in [4.78, 5) is 38.5. The van der Waals surface area contributed by atoms with E-state index in [1.165, 1.54) is 43.3 Å². The number of halogens is 1. The molecule has 1 heterocycles. The molecule has 0 saturated carbocycles. The summed E-state index contributed by atoms with van der Waals surface area (Å²) in [5, 5.41) is 2.58. The van der Waals surface area contributed by atoms with Gasteiger partial charge in [0.2, 0.25) is 21.8 Å². The Balaban J connectivity index is 1.76. The van der Waals surface area contributed by atoms with Crippen molar-refractivity contribution < 1.29 is 27.2 Å². The first-order chi connectivity index (χ1) is 17.1. The first-order valence-corrected chi connectivity index (χ1v) is 12.6. The monoisotopic (exact) mass is 509 g/mol. The van der Waals surface area contributed by atoms with Crippen LogP contribution >= 0.6 is 0 Å². The molecule has 0 radical (unpaired) electrons. The van der Waals surface area contributed by atoms with Crippen LogP contribution in [0.4, 0.5) is 15.8 Å². The molecule has 3 aromatic carbocycles. The number of hydrogen-bond donors (Lipinski definition) is 1. The second-order valence-corrected chi connectivity index (χ2v) is 10.2. The second-order valence-electron chi connectivity index (χ2n) is 8.39. The summed E-state index contributed by atoms with van der Waals surface area (Å²) >= 11 is 0. The molecule has 2 atom stereocenters. The Kier molecular flexibility index (Phi) is 7.00. The number of carbonyl (C=O) groups excluding carboxylic acids is 3. The summed E-state index contributed by atoms with van der Waals surface area (Å²) in [6, 6.07) is 17.1. The fourth-order valence-electron chi connectivity index (χ4n) is 4.24. The van der Waals surface area contributed by atoms with Crippen LogP contribution in [-0.2, 0) is 24.4 Å². The summed E-state index contributed by atoms with van der Waals surface area (Å²) < 4.78 is 42.3.